The van der Waals surface area contributed by atoms with E-state index in [4.69, 9.17) is 5.73 Å². The third kappa shape index (κ3) is 2.97. The van der Waals surface area contributed by atoms with Crippen molar-refractivity contribution in [2.75, 3.05) is 18.8 Å². The van der Waals surface area contributed by atoms with Crippen molar-refractivity contribution in [3.63, 3.8) is 0 Å². The van der Waals surface area contributed by atoms with Gasteiger partial charge in [0.2, 0.25) is 0 Å². The zero-order chi connectivity index (χ0) is 12.4. The number of anilines is 1. The predicted octanol–water partition coefficient (Wildman–Crippen LogP) is 2.89. The Hall–Kier alpha value is -1.09. The van der Waals surface area contributed by atoms with Gasteiger partial charge in [0, 0.05) is 18.8 Å². The number of piperidine rings is 1. The lowest BCUT2D eigenvalue weighted by Gasteiger charge is -2.35. The molecule has 2 atom stereocenters. The molecule has 2 unspecified atom stereocenters. The van der Waals surface area contributed by atoms with Crippen LogP contribution in [0.5, 0.6) is 0 Å². The zero-order valence-electron chi connectivity index (χ0n) is 10.6. The first-order chi connectivity index (χ1) is 8.06. The van der Waals surface area contributed by atoms with Gasteiger partial charge >= 0.3 is 0 Å². The number of nitrogens with zero attached hydrogens (tertiary/aromatic N) is 1. The molecule has 94 valence electrons. The van der Waals surface area contributed by atoms with Crippen LogP contribution in [0.3, 0.4) is 0 Å². The molecule has 0 spiro atoms. The summed E-state index contributed by atoms with van der Waals surface area (Å²) in [6.45, 7) is 7.52. The molecule has 2 rings (SSSR count). The van der Waals surface area contributed by atoms with Crippen LogP contribution in [0, 0.1) is 17.7 Å². The molecule has 0 aromatic heterocycles. The second-order valence-corrected chi connectivity index (χ2v) is 5.32. The fraction of sp³-hybridized carbons (Fsp3) is 0.571. The van der Waals surface area contributed by atoms with E-state index in [1.807, 2.05) is 0 Å². The van der Waals surface area contributed by atoms with Crippen molar-refractivity contribution in [3.8, 4) is 0 Å². The summed E-state index contributed by atoms with van der Waals surface area (Å²) in [7, 11) is 0. The molecule has 0 saturated carbocycles. The largest absolute Gasteiger partial charge is 0.398 e. The standard InChI is InChI=1S/C14H21FN2/c1-10-5-6-17(8-11(10)2)9-12-7-13(15)3-4-14(12)16/h3-4,7,10-11H,5-6,8-9,16H2,1-2H3. The van der Waals surface area contributed by atoms with Crippen LogP contribution in [0.2, 0.25) is 0 Å². The Labute approximate surface area is 103 Å². The zero-order valence-corrected chi connectivity index (χ0v) is 10.6. The Kier molecular flexibility index (Phi) is 3.67. The van der Waals surface area contributed by atoms with Gasteiger partial charge in [0.1, 0.15) is 5.82 Å². The van der Waals surface area contributed by atoms with Crippen molar-refractivity contribution < 1.29 is 4.39 Å². The molecule has 1 saturated heterocycles. The van der Waals surface area contributed by atoms with Crippen molar-refractivity contribution in [2.45, 2.75) is 26.8 Å². The molecule has 1 heterocycles. The Morgan fingerprint density at radius 1 is 1.35 bits per heavy atom. The van der Waals surface area contributed by atoms with E-state index in [0.29, 0.717) is 11.6 Å². The van der Waals surface area contributed by atoms with E-state index < -0.39 is 0 Å². The van der Waals surface area contributed by atoms with Gasteiger partial charge in [0.15, 0.2) is 0 Å². The third-order valence-electron chi connectivity index (χ3n) is 3.92. The second-order valence-electron chi connectivity index (χ2n) is 5.32. The smallest absolute Gasteiger partial charge is 0.123 e. The van der Waals surface area contributed by atoms with Crippen LogP contribution < -0.4 is 5.73 Å². The van der Waals surface area contributed by atoms with Gasteiger partial charge in [-0.1, -0.05) is 13.8 Å². The predicted molar refractivity (Wildman–Crippen MR) is 69.0 cm³/mol. The van der Waals surface area contributed by atoms with Crippen LogP contribution in [0.4, 0.5) is 10.1 Å². The van der Waals surface area contributed by atoms with E-state index >= 15 is 0 Å². The van der Waals surface area contributed by atoms with Gasteiger partial charge in [-0.3, -0.25) is 4.90 Å². The molecule has 1 aliphatic heterocycles. The van der Waals surface area contributed by atoms with Crippen molar-refractivity contribution >= 4 is 5.69 Å². The van der Waals surface area contributed by atoms with Gasteiger partial charge in [-0.15, -0.1) is 0 Å². The van der Waals surface area contributed by atoms with Gasteiger partial charge < -0.3 is 5.73 Å². The van der Waals surface area contributed by atoms with Crippen LogP contribution in [0.1, 0.15) is 25.8 Å². The van der Waals surface area contributed by atoms with Gasteiger partial charge in [-0.25, -0.2) is 4.39 Å². The highest BCUT2D eigenvalue weighted by Gasteiger charge is 2.22. The third-order valence-corrected chi connectivity index (χ3v) is 3.92. The topological polar surface area (TPSA) is 29.3 Å². The molecule has 0 bridgehead atoms. The van der Waals surface area contributed by atoms with Crippen LogP contribution in [-0.2, 0) is 6.54 Å². The number of rotatable bonds is 2. The van der Waals surface area contributed by atoms with Gasteiger partial charge in [0.05, 0.1) is 0 Å². The highest BCUT2D eigenvalue weighted by atomic mass is 19.1. The molecule has 2 nitrogen and oxygen atoms in total. The maximum absolute atomic E-state index is 13.2. The lowest BCUT2D eigenvalue weighted by Crippen LogP contribution is -2.38. The lowest BCUT2D eigenvalue weighted by molar-refractivity contribution is 0.132. The maximum atomic E-state index is 13.2. The molecule has 0 aliphatic carbocycles. The molecule has 0 amide bonds. The van der Waals surface area contributed by atoms with E-state index in [1.165, 1.54) is 12.5 Å². The van der Waals surface area contributed by atoms with Crippen LogP contribution in [0.25, 0.3) is 0 Å². The summed E-state index contributed by atoms with van der Waals surface area (Å²) in [5.74, 6) is 1.29. The number of likely N-dealkylation sites (tertiary alicyclic amines) is 1. The van der Waals surface area contributed by atoms with E-state index in [9.17, 15) is 4.39 Å². The molecule has 1 aromatic rings. The van der Waals surface area contributed by atoms with Crippen molar-refractivity contribution in [1.82, 2.24) is 4.90 Å². The van der Waals surface area contributed by atoms with Crippen molar-refractivity contribution in [1.29, 1.82) is 0 Å². The van der Waals surface area contributed by atoms with Gasteiger partial charge in [-0.05, 0) is 48.6 Å². The van der Waals surface area contributed by atoms with Gasteiger partial charge in [-0.2, -0.15) is 0 Å². The molecule has 2 N–H and O–H groups in total. The fourth-order valence-electron chi connectivity index (χ4n) is 2.44. The van der Waals surface area contributed by atoms with E-state index in [0.717, 1.165) is 31.1 Å². The van der Waals surface area contributed by atoms with Gasteiger partial charge in [0.25, 0.3) is 0 Å². The molecule has 1 fully saturated rings. The first-order valence-corrected chi connectivity index (χ1v) is 6.32. The first kappa shape index (κ1) is 12.4. The second kappa shape index (κ2) is 5.05. The lowest BCUT2D eigenvalue weighted by atomic mass is 9.88. The quantitative estimate of drug-likeness (QED) is 0.800. The SMILES string of the molecule is CC1CCN(Cc2cc(F)ccc2N)CC1C. The maximum Gasteiger partial charge on any atom is 0.123 e. The molecule has 0 radical (unpaired) electrons. The van der Waals surface area contributed by atoms with Crippen molar-refractivity contribution in [3.05, 3.63) is 29.6 Å². The number of nitrogen functional groups attached to an aromatic ring is 1. The monoisotopic (exact) mass is 236 g/mol. The van der Waals surface area contributed by atoms with E-state index in [-0.39, 0.29) is 5.82 Å². The Bertz CT molecular complexity index is 392. The molecule has 1 aliphatic rings. The average Bonchev–Trinajstić information content (AvgIpc) is 2.29. The number of nitrogens with two attached hydrogens (primary N) is 1. The van der Waals surface area contributed by atoms with Crippen molar-refractivity contribution in [2.24, 2.45) is 11.8 Å². The highest BCUT2D eigenvalue weighted by Crippen LogP contribution is 2.25. The fourth-order valence-corrected chi connectivity index (χ4v) is 2.44. The summed E-state index contributed by atoms with van der Waals surface area (Å²) < 4.78 is 13.2. The van der Waals surface area contributed by atoms with Crippen LogP contribution >= 0.6 is 0 Å². The Balaban J connectivity index is 2.03. The molecular weight excluding hydrogens is 215 g/mol. The van der Waals surface area contributed by atoms with Crippen LogP contribution in [-0.4, -0.2) is 18.0 Å². The summed E-state index contributed by atoms with van der Waals surface area (Å²) in [4.78, 5) is 2.37. The molecule has 17 heavy (non-hydrogen) atoms. The normalized spacial score (nSPS) is 26.1. The summed E-state index contributed by atoms with van der Waals surface area (Å²) in [5, 5.41) is 0. The minimum atomic E-state index is -0.201. The summed E-state index contributed by atoms with van der Waals surface area (Å²) >= 11 is 0. The molecule has 3 heteroatoms. The summed E-state index contributed by atoms with van der Waals surface area (Å²) in [6.07, 6.45) is 1.22. The van der Waals surface area contributed by atoms with E-state index in [2.05, 4.69) is 18.7 Å². The minimum absolute atomic E-state index is 0.201. The Morgan fingerprint density at radius 2 is 2.12 bits per heavy atom. The van der Waals surface area contributed by atoms with E-state index in [1.54, 1.807) is 12.1 Å². The minimum Gasteiger partial charge on any atom is -0.398 e. The van der Waals surface area contributed by atoms with Crippen LogP contribution in [0.15, 0.2) is 18.2 Å². The first-order valence-electron chi connectivity index (χ1n) is 6.32. The number of hydrogen-bond acceptors (Lipinski definition) is 2. The number of halogens is 1. The highest BCUT2D eigenvalue weighted by molar-refractivity contribution is 5.46. The molecule has 1 aromatic carbocycles. The summed E-state index contributed by atoms with van der Waals surface area (Å²) in [6, 6.07) is 4.62. The summed E-state index contributed by atoms with van der Waals surface area (Å²) in [5.41, 5.74) is 7.48. The number of benzene rings is 1. The molecular formula is C14H21FN2. The number of hydrogen-bond donors (Lipinski definition) is 1. The Morgan fingerprint density at radius 3 is 2.82 bits per heavy atom. The average molecular weight is 236 g/mol.